The molecule has 0 aromatic heterocycles. The number of fused-ring (bicyclic) bond motifs is 1. The number of carbonyl (C=O) groups excluding carboxylic acids is 2. The molecule has 2 aliphatic rings. The Labute approximate surface area is 131 Å². The standard InChI is InChI=1S/C18H23NO3/c1-18(2,3)22-16(20)11-12-4-7-15-14(10-12)8-9-19(15)17(21)13-5-6-13/h4,7,10,13H,5-6,8-9,11H2,1-3H3. The van der Waals surface area contributed by atoms with Crippen LogP contribution in [0.2, 0.25) is 0 Å². The summed E-state index contributed by atoms with van der Waals surface area (Å²) in [7, 11) is 0. The van der Waals surface area contributed by atoms with E-state index in [4.69, 9.17) is 4.74 Å². The van der Waals surface area contributed by atoms with Crippen molar-refractivity contribution in [2.45, 2.75) is 52.1 Å². The lowest BCUT2D eigenvalue weighted by Crippen LogP contribution is -2.30. The van der Waals surface area contributed by atoms with Gasteiger partial charge in [0.2, 0.25) is 5.91 Å². The number of rotatable bonds is 3. The molecule has 0 spiro atoms. The van der Waals surface area contributed by atoms with Crippen LogP contribution in [0.3, 0.4) is 0 Å². The van der Waals surface area contributed by atoms with Crippen molar-refractivity contribution in [3.63, 3.8) is 0 Å². The second-order valence-corrected chi connectivity index (χ2v) is 7.24. The van der Waals surface area contributed by atoms with Crippen LogP contribution >= 0.6 is 0 Å². The van der Waals surface area contributed by atoms with Gasteiger partial charge in [0.05, 0.1) is 6.42 Å². The lowest BCUT2D eigenvalue weighted by atomic mass is 10.1. The van der Waals surface area contributed by atoms with E-state index in [1.165, 1.54) is 0 Å². The molecule has 0 saturated heterocycles. The number of ether oxygens (including phenoxy) is 1. The van der Waals surface area contributed by atoms with Crippen LogP contribution in [0.25, 0.3) is 0 Å². The van der Waals surface area contributed by atoms with E-state index in [0.717, 1.165) is 42.6 Å². The Morgan fingerprint density at radius 1 is 1.27 bits per heavy atom. The van der Waals surface area contributed by atoms with Crippen molar-refractivity contribution < 1.29 is 14.3 Å². The van der Waals surface area contributed by atoms with Gasteiger partial charge >= 0.3 is 5.97 Å². The Balaban J connectivity index is 1.70. The third-order valence-electron chi connectivity index (χ3n) is 4.00. The normalized spacial score (nSPS) is 17.3. The minimum absolute atomic E-state index is 0.212. The highest BCUT2D eigenvalue weighted by molar-refractivity contribution is 5.98. The van der Waals surface area contributed by atoms with E-state index in [1.54, 1.807) is 0 Å². The van der Waals surface area contributed by atoms with E-state index in [9.17, 15) is 9.59 Å². The van der Waals surface area contributed by atoms with E-state index in [2.05, 4.69) is 0 Å². The maximum atomic E-state index is 12.2. The summed E-state index contributed by atoms with van der Waals surface area (Å²) in [5, 5.41) is 0. The third-order valence-corrected chi connectivity index (χ3v) is 4.00. The van der Waals surface area contributed by atoms with Crippen molar-refractivity contribution in [3.8, 4) is 0 Å². The molecule has 0 radical (unpaired) electrons. The summed E-state index contributed by atoms with van der Waals surface area (Å²) in [6, 6.07) is 5.95. The Morgan fingerprint density at radius 2 is 2.00 bits per heavy atom. The average molecular weight is 301 g/mol. The van der Waals surface area contributed by atoms with Gasteiger partial charge in [0.1, 0.15) is 5.60 Å². The summed E-state index contributed by atoms with van der Waals surface area (Å²) in [6.07, 6.45) is 3.21. The minimum Gasteiger partial charge on any atom is -0.460 e. The Kier molecular flexibility index (Phi) is 3.71. The summed E-state index contributed by atoms with van der Waals surface area (Å²) < 4.78 is 5.36. The van der Waals surface area contributed by atoms with Crippen molar-refractivity contribution >= 4 is 17.6 Å². The second-order valence-electron chi connectivity index (χ2n) is 7.24. The van der Waals surface area contributed by atoms with Crippen molar-refractivity contribution in [2.24, 2.45) is 5.92 Å². The molecule has 22 heavy (non-hydrogen) atoms. The third kappa shape index (κ3) is 3.32. The fourth-order valence-electron chi connectivity index (χ4n) is 2.89. The summed E-state index contributed by atoms with van der Waals surface area (Å²) >= 11 is 0. The van der Waals surface area contributed by atoms with E-state index in [-0.39, 0.29) is 24.2 Å². The maximum absolute atomic E-state index is 12.2. The van der Waals surface area contributed by atoms with Gasteiger partial charge in [0, 0.05) is 18.2 Å². The van der Waals surface area contributed by atoms with Gasteiger partial charge in [-0.1, -0.05) is 12.1 Å². The largest absolute Gasteiger partial charge is 0.460 e. The van der Waals surface area contributed by atoms with Crippen LogP contribution < -0.4 is 4.90 Å². The molecule has 0 bridgehead atoms. The molecule has 0 unspecified atom stereocenters. The molecule has 4 heteroatoms. The van der Waals surface area contributed by atoms with Crippen molar-refractivity contribution in [1.82, 2.24) is 0 Å². The predicted molar refractivity (Wildman–Crippen MR) is 84.8 cm³/mol. The number of amides is 1. The van der Waals surface area contributed by atoms with Gasteiger partial charge < -0.3 is 9.64 Å². The van der Waals surface area contributed by atoms with Gasteiger partial charge in [-0.05, 0) is 57.2 Å². The van der Waals surface area contributed by atoms with Crippen molar-refractivity contribution in [1.29, 1.82) is 0 Å². The summed E-state index contributed by atoms with van der Waals surface area (Å²) in [6.45, 7) is 6.37. The van der Waals surface area contributed by atoms with Crippen LogP contribution in [0.5, 0.6) is 0 Å². The number of hydrogen-bond acceptors (Lipinski definition) is 3. The van der Waals surface area contributed by atoms with Crippen LogP contribution in [0.4, 0.5) is 5.69 Å². The van der Waals surface area contributed by atoms with Crippen LogP contribution in [0.15, 0.2) is 18.2 Å². The monoisotopic (exact) mass is 301 g/mol. The van der Waals surface area contributed by atoms with E-state index < -0.39 is 5.60 Å². The van der Waals surface area contributed by atoms with Gasteiger partial charge in [-0.2, -0.15) is 0 Å². The molecular weight excluding hydrogens is 278 g/mol. The first-order valence-corrected chi connectivity index (χ1v) is 7.98. The lowest BCUT2D eigenvalue weighted by molar-refractivity contribution is -0.153. The fraction of sp³-hybridized carbons (Fsp3) is 0.556. The number of esters is 1. The van der Waals surface area contributed by atoms with Gasteiger partial charge in [0.25, 0.3) is 0 Å². The Morgan fingerprint density at radius 3 is 2.64 bits per heavy atom. The molecule has 1 aliphatic heterocycles. The van der Waals surface area contributed by atoms with E-state index in [1.807, 2.05) is 43.9 Å². The highest BCUT2D eigenvalue weighted by atomic mass is 16.6. The molecule has 1 aromatic rings. The molecule has 0 N–H and O–H groups in total. The van der Waals surface area contributed by atoms with Crippen molar-refractivity contribution in [3.05, 3.63) is 29.3 Å². The van der Waals surface area contributed by atoms with Gasteiger partial charge in [0.15, 0.2) is 0 Å². The number of hydrogen-bond donors (Lipinski definition) is 0. The zero-order valence-corrected chi connectivity index (χ0v) is 13.5. The Hall–Kier alpha value is -1.84. The number of anilines is 1. The smallest absolute Gasteiger partial charge is 0.310 e. The summed E-state index contributed by atoms with van der Waals surface area (Å²) in [4.78, 5) is 26.1. The van der Waals surface area contributed by atoms with Crippen LogP contribution in [-0.4, -0.2) is 24.0 Å². The molecule has 1 aliphatic carbocycles. The van der Waals surface area contributed by atoms with Gasteiger partial charge in [-0.25, -0.2) is 0 Å². The first kappa shape index (κ1) is 15.1. The number of benzene rings is 1. The maximum Gasteiger partial charge on any atom is 0.310 e. The van der Waals surface area contributed by atoms with Crippen molar-refractivity contribution in [2.75, 3.05) is 11.4 Å². The second kappa shape index (κ2) is 5.41. The van der Waals surface area contributed by atoms with E-state index >= 15 is 0 Å². The Bertz CT molecular complexity index is 611. The zero-order valence-electron chi connectivity index (χ0n) is 13.5. The molecule has 3 rings (SSSR count). The molecule has 1 fully saturated rings. The molecule has 1 heterocycles. The number of carbonyl (C=O) groups is 2. The lowest BCUT2D eigenvalue weighted by Gasteiger charge is -2.20. The zero-order chi connectivity index (χ0) is 15.9. The summed E-state index contributed by atoms with van der Waals surface area (Å²) in [5.74, 6) is 0.294. The first-order chi connectivity index (χ1) is 10.3. The molecule has 4 nitrogen and oxygen atoms in total. The highest BCUT2D eigenvalue weighted by Crippen LogP contribution is 2.36. The molecule has 0 atom stereocenters. The summed E-state index contributed by atoms with van der Waals surface area (Å²) in [5.41, 5.74) is 2.68. The average Bonchev–Trinajstić information content (AvgIpc) is 3.16. The van der Waals surface area contributed by atoms with Crippen LogP contribution in [-0.2, 0) is 27.2 Å². The number of nitrogens with zero attached hydrogens (tertiary/aromatic N) is 1. The first-order valence-electron chi connectivity index (χ1n) is 7.98. The quantitative estimate of drug-likeness (QED) is 0.807. The minimum atomic E-state index is -0.457. The van der Waals surface area contributed by atoms with Crippen LogP contribution in [0.1, 0.15) is 44.7 Å². The fourth-order valence-corrected chi connectivity index (χ4v) is 2.89. The molecule has 1 amide bonds. The predicted octanol–water partition coefficient (Wildman–Crippen LogP) is 2.87. The van der Waals surface area contributed by atoms with Gasteiger partial charge in [-0.15, -0.1) is 0 Å². The molecule has 118 valence electrons. The van der Waals surface area contributed by atoms with E-state index in [0.29, 0.717) is 0 Å². The highest BCUT2D eigenvalue weighted by Gasteiger charge is 2.36. The molecular formula is C18H23NO3. The molecule has 1 saturated carbocycles. The topological polar surface area (TPSA) is 46.6 Å². The van der Waals surface area contributed by atoms with Crippen LogP contribution in [0, 0.1) is 5.92 Å². The molecule has 1 aromatic carbocycles. The SMILES string of the molecule is CC(C)(C)OC(=O)Cc1ccc2c(c1)CCN2C(=O)C1CC1. The van der Waals surface area contributed by atoms with Gasteiger partial charge in [-0.3, -0.25) is 9.59 Å².